The van der Waals surface area contributed by atoms with E-state index in [4.69, 9.17) is 10.00 Å². The number of ether oxygens (including phenoxy) is 1. The molecular weight excluding hydrogens is 212 g/mol. The number of hydrogen-bond donors (Lipinski definition) is 0. The molecule has 3 heteroatoms. The van der Waals surface area contributed by atoms with Crippen molar-refractivity contribution in [3.8, 4) is 11.8 Å². The van der Waals surface area contributed by atoms with Gasteiger partial charge in [-0.3, -0.25) is 0 Å². The van der Waals surface area contributed by atoms with Gasteiger partial charge in [-0.2, -0.15) is 5.26 Å². The van der Waals surface area contributed by atoms with E-state index in [1.165, 1.54) is 25.7 Å². The highest BCUT2D eigenvalue weighted by atomic mass is 16.5. The van der Waals surface area contributed by atoms with Gasteiger partial charge < -0.3 is 9.64 Å². The molecule has 3 nitrogen and oxygen atoms in total. The van der Waals surface area contributed by atoms with E-state index >= 15 is 0 Å². The number of nitrogens with zero attached hydrogens (tertiary/aromatic N) is 2. The molecule has 17 heavy (non-hydrogen) atoms. The molecule has 90 valence electrons. The highest BCUT2D eigenvalue weighted by molar-refractivity contribution is 5.62. The Morgan fingerprint density at radius 1 is 1.18 bits per heavy atom. The summed E-state index contributed by atoms with van der Waals surface area (Å²) in [6.45, 7) is 2.09. The average Bonchev–Trinajstić information content (AvgIpc) is 2.66. The first kappa shape index (κ1) is 11.8. The van der Waals surface area contributed by atoms with Gasteiger partial charge in [0.05, 0.1) is 18.4 Å². The fourth-order valence-corrected chi connectivity index (χ4v) is 2.31. The standard InChI is InChI=1S/C14H18N2O/c1-17-13-7-6-12(11-15)14(10-13)16-8-4-2-3-5-9-16/h6-7,10H,2-5,8-9H2,1H3. The van der Waals surface area contributed by atoms with Crippen molar-refractivity contribution < 1.29 is 4.74 Å². The lowest BCUT2D eigenvalue weighted by atomic mass is 10.1. The second-order valence-electron chi connectivity index (χ2n) is 4.40. The van der Waals surface area contributed by atoms with Gasteiger partial charge in [-0.05, 0) is 25.0 Å². The fourth-order valence-electron chi connectivity index (χ4n) is 2.31. The van der Waals surface area contributed by atoms with E-state index in [1.807, 2.05) is 18.2 Å². The van der Waals surface area contributed by atoms with E-state index in [0.29, 0.717) is 0 Å². The molecule has 1 saturated heterocycles. The number of nitriles is 1. The molecule has 1 heterocycles. The molecule has 0 amide bonds. The summed E-state index contributed by atoms with van der Waals surface area (Å²) in [7, 11) is 1.66. The second-order valence-corrected chi connectivity index (χ2v) is 4.40. The van der Waals surface area contributed by atoms with E-state index < -0.39 is 0 Å². The van der Waals surface area contributed by atoms with Crippen molar-refractivity contribution in [2.75, 3.05) is 25.1 Å². The predicted molar refractivity (Wildman–Crippen MR) is 68.4 cm³/mol. The van der Waals surface area contributed by atoms with Crippen LogP contribution in [0.15, 0.2) is 18.2 Å². The predicted octanol–water partition coefficient (Wildman–Crippen LogP) is 2.95. The minimum absolute atomic E-state index is 0.743. The van der Waals surface area contributed by atoms with Crippen molar-refractivity contribution in [2.45, 2.75) is 25.7 Å². The summed E-state index contributed by atoms with van der Waals surface area (Å²) in [6.07, 6.45) is 5.01. The van der Waals surface area contributed by atoms with E-state index in [9.17, 15) is 0 Å². The van der Waals surface area contributed by atoms with Gasteiger partial charge in [0.1, 0.15) is 11.8 Å². The minimum atomic E-state index is 0.743. The van der Waals surface area contributed by atoms with Crippen LogP contribution >= 0.6 is 0 Å². The normalized spacial score (nSPS) is 16.1. The zero-order chi connectivity index (χ0) is 12.1. The third-order valence-corrected chi connectivity index (χ3v) is 3.27. The lowest BCUT2D eigenvalue weighted by Gasteiger charge is -2.24. The van der Waals surface area contributed by atoms with E-state index in [-0.39, 0.29) is 0 Å². The van der Waals surface area contributed by atoms with Crippen molar-refractivity contribution in [1.82, 2.24) is 0 Å². The summed E-state index contributed by atoms with van der Waals surface area (Å²) in [5.41, 5.74) is 1.77. The summed E-state index contributed by atoms with van der Waals surface area (Å²) in [6, 6.07) is 7.94. The lowest BCUT2D eigenvalue weighted by molar-refractivity contribution is 0.414. The number of hydrogen-bond acceptors (Lipinski definition) is 3. The van der Waals surface area contributed by atoms with Gasteiger partial charge in [0.15, 0.2) is 0 Å². The quantitative estimate of drug-likeness (QED) is 0.783. The molecule has 1 aliphatic rings. The zero-order valence-electron chi connectivity index (χ0n) is 10.3. The van der Waals surface area contributed by atoms with Crippen LogP contribution in [-0.2, 0) is 0 Å². The summed E-state index contributed by atoms with van der Waals surface area (Å²) in [4.78, 5) is 2.31. The van der Waals surface area contributed by atoms with Crippen molar-refractivity contribution in [2.24, 2.45) is 0 Å². The molecule has 0 saturated carbocycles. The Bertz CT molecular complexity index is 415. The Kier molecular flexibility index (Phi) is 3.87. The molecule has 0 aromatic heterocycles. The Hall–Kier alpha value is -1.69. The zero-order valence-corrected chi connectivity index (χ0v) is 10.3. The van der Waals surface area contributed by atoms with Crippen molar-refractivity contribution >= 4 is 5.69 Å². The van der Waals surface area contributed by atoms with Gasteiger partial charge >= 0.3 is 0 Å². The molecule has 1 aromatic rings. The largest absolute Gasteiger partial charge is 0.497 e. The highest BCUT2D eigenvalue weighted by Crippen LogP contribution is 2.27. The first-order valence-corrected chi connectivity index (χ1v) is 6.18. The monoisotopic (exact) mass is 230 g/mol. The molecule has 0 aliphatic carbocycles. The van der Waals surface area contributed by atoms with Crippen LogP contribution < -0.4 is 9.64 Å². The van der Waals surface area contributed by atoms with Crippen LogP contribution in [0.25, 0.3) is 0 Å². The third-order valence-electron chi connectivity index (χ3n) is 3.27. The summed E-state index contributed by atoms with van der Waals surface area (Å²) >= 11 is 0. The van der Waals surface area contributed by atoms with Crippen LogP contribution in [0.2, 0.25) is 0 Å². The van der Waals surface area contributed by atoms with E-state index in [2.05, 4.69) is 11.0 Å². The Morgan fingerprint density at radius 2 is 1.88 bits per heavy atom. The maximum atomic E-state index is 9.17. The second kappa shape index (κ2) is 5.58. The smallest absolute Gasteiger partial charge is 0.121 e. The summed E-state index contributed by atoms with van der Waals surface area (Å²) < 4.78 is 5.24. The van der Waals surface area contributed by atoms with Crippen LogP contribution in [0.4, 0.5) is 5.69 Å². The Labute approximate surface area is 103 Å². The SMILES string of the molecule is COc1ccc(C#N)c(N2CCCCCC2)c1. The van der Waals surface area contributed by atoms with Gasteiger partial charge in [0, 0.05) is 19.2 Å². The average molecular weight is 230 g/mol. The molecule has 0 bridgehead atoms. The van der Waals surface area contributed by atoms with Crippen molar-refractivity contribution in [3.63, 3.8) is 0 Å². The highest BCUT2D eigenvalue weighted by Gasteiger charge is 2.14. The first-order chi connectivity index (χ1) is 8.35. The van der Waals surface area contributed by atoms with E-state index in [0.717, 1.165) is 30.1 Å². The summed E-state index contributed by atoms with van der Waals surface area (Å²) in [5.74, 6) is 0.822. The van der Waals surface area contributed by atoms with Gasteiger partial charge in [-0.1, -0.05) is 12.8 Å². The number of rotatable bonds is 2. The topological polar surface area (TPSA) is 36.3 Å². The van der Waals surface area contributed by atoms with Gasteiger partial charge in [-0.25, -0.2) is 0 Å². The minimum Gasteiger partial charge on any atom is -0.497 e. The van der Waals surface area contributed by atoms with Crippen molar-refractivity contribution in [3.05, 3.63) is 23.8 Å². The van der Waals surface area contributed by atoms with Crippen LogP contribution in [-0.4, -0.2) is 20.2 Å². The first-order valence-electron chi connectivity index (χ1n) is 6.18. The molecule has 0 atom stereocenters. The Balaban J connectivity index is 2.30. The Morgan fingerprint density at radius 3 is 2.47 bits per heavy atom. The van der Waals surface area contributed by atoms with Crippen molar-refractivity contribution in [1.29, 1.82) is 5.26 Å². The fraction of sp³-hybridized carbons (Fsp3) is 0.500. The van der Waals surface area contributed by atoms with Gasteiger partial charge in [0.2, 0.25) is 0 Å². The van der Waals surface area contributed by atoms with E-state index in [1.54, 1.807) is 7.11 Å². The summed E-state index contributed by atoms with van der Waals surface area (Å²) in [5, 5.41) is 9.17. The van der Waals surface area contributed by atoms with Gasteiger partial charge in [-0.15, -0.1) is 0 Å². The van der Waals surface area contributed by atoms with Crippen LogP contribution in [0, 0.1) is 11.3 Å². The third kappa shape index (κ3) is 2.71. The number of benzene rings is 1. The molecule has 0 unspecified atom stereocenters. The maximum Gasteiger partial charge on any atom is 0.121 e. The molecule has 1 aromatic carbocycles. The van der Waals surface area contributed by atoms with Crippen LogP contribution in [0.1, 0.15) is 31.2 Å². The number of methoxy groups -OCH3 is 1. The molecule has 1 aliphatic heterocycles. The number of anilines is 1. The van der Waals surface area contributed by atoms with Crippen LogP contribution in [0.3, 0.4) is 0 Å². The molecular formula is C14H18N2O. The molecule has 1 fully saturated rings. The van der Waals surface area contributed by atoms with Crippen LogP contribution in [0.5, 0.6) is 5.75 Å². The van der Waals surface area contributed by atoms with Gasteiger partial charge in [0.25, 0.3) is 0 Å². The molecule has 0 radical (unpaired) electrons. The molecule has 0 spiro atoms. The molecule has 0 N–H and O–H groups in total. The lowest BCUT2D eigenvalue weighted by Crippen LogP contribution is -2.24. The molecule has 2 rings (SSSR count). The maximum absolute atomic E-state index is 9.17.